The molecular weight excluding hydrogens is 226 g/mol. The molecule has 0 radical (unpaired) electrons. The van der Waals surface area contributed by atoms with E-state index in [-0.39, 0.29) is 0 Å². The van der Waals surface area contributed by atoms with Crippen LogP contribution in [-0.4, -0.2) is 12.2 Å². The van der Waals surface area contributed by atoms with Crippen LogP contribution in [0.25, 0.3) is 11.1 Å². The number of hydrogen-bond acceptors (Lipinski definition) is 2. The molecule has 0 heterocycles. The molecule has 0 aliphatic rings. The maximum absolute atomic E-state index is 11.3. The van der Waals surface area contributed by atoms with Gasteiger partial charge in [0.2, 0.25) is 5.91 Å². The van der Waals surface area contributed by atoms with Crippen molar-refractivity contribution >= 4 is 12.2 Å². The Morgan fingerprint density at radius 2 is 1.83 bits per heavy atom. The van der Waals surface area contributed by atoms with Crippen LogP contribution in [0.5, 0.6) is 0 Å². The molecule has 0 saturated carbocycles. The lowest BCUT2D eigenvalue weighted by Gasteiger charge is -2.07. The molecule has 0 aromatic heterocycles. The third-order valence-electron chi connectivity index (χ3n) is 2.86. The van der Waals surface area contributed by atoms with Gasteiger partial charge in [0.15, 0.2) is 0 Å². The van der Waals surface area contributed by atoms with E-state index in [4.69, 9.17) is 5.73 Å². The van der Waals surface area contributed by atoms with Gasteiger partial charge in [-0.3, -0.25) is 9.59 Å². The van der Waals surface area contributed by atoms with E-state index in [1.165, 1.54) is 0 Å². The van der Waals surface area contributed by atoms with Crippen LogP contribution in [0.3, 0.4) is 0 Å². The fourth-order valence-electron chi connectivity index (χ4n) is 1.86. The molecule has 18 heavy (non-hydrogen) atoms. The first-order valence-electron chi connectivity index (χ1n) is 5.58. The smallest absolute Gasteiger partial charge is 0.248 e. The molecule has 0 bridgehead atoms. The number of carbonyl (C=O) groups excluding carboxylic acids is 2. The molecule has 1 amide bonds. The Hall–Kier alpha value is -2.42. The average molecular weight is 239 g/mol. The summed E-state index contributed by atoms with van der Waals surface area (Å²) in [5.74, 6) is -0.444. The van der Waals surface area contributed by atoms with Gasteiger partial charge in [0, 0.05) is 11.1 Å². The third kappa shape index (κ3) is 2.30. The Morgan fingerprint density at radius 3 is 2.50 bits per heavy atom. The van der Waals surface area contributed by atoms with Gasteiger partial charge in [-0.1, -0.05) is 30.3 Å². The average Bonchev–Trinajstić information content (AvgIpc) is 2.39. The van der Waals surface area contributed by atoms with E-state index in [1.54, 1.807) is 18.2 Å². The monoisotopic (exact) mass is 239 g/mol. The number of hydrogen-bond donors (Lipinski definition) is 1. The fraction of sp³-hybridized carbons (Fsp3) is 0.0667. The van der Waals surface area contributed by atoms with Crippen molar-refractivity contribution in [2.24, 2.45) is 5.73 Å². The first kappa shape index (κ1) is 12.0. The van der Waals surface area contributed by atoms with Crippen LogP contribution in [0.1, 0.15) is 26.3 Å². The minimum absolute atomic E-state index is 0.444. The van der Waals surface area contributed by atoms with E-state index in [0.29, 0.717) is 11.1 Å². The standard InChI is InChI=1S/C15H13NO2/c1-10-5-6-13(8-14(10)15(16)18)12-4-2-3-11(7-12)9-17/h2-9H,1H3,(H2,16,18). The van der Waals surface area contributed by atoms with Crippen molar-refractivity contribution in [2.75, 3.05) is 0 Å². The Kier molecular flexibility index (Phi) is 3.24. The van der Waals surface area contributed by atoms with Crippen LogP contribution in [0.2, 0.25) is 0 Å². The minimum Gasteiger partial charge on any atom is -0.366 e. The second-order valence-corrected chi connectivity index (χ2v) is 4.14. The molecule has 0 aliphatic heterocycles. The van der Waals surface area contributed by atoms with E-state index in [1.807, 2.05) is 31.2 Å². The van der Waals surface area contributed by atoms with Gasteiger partial charge in [-0.25, -0.2) is 0 Å². The van der Waals surface area contributed by atoms with E-state index in [9.17, 15) is 9.59 Å². The molecule has 2 aromatic carbocycles. The normalized spacial score (nSPS) is 10.1. The lowest BCUT2D eigenvalue weighted by molar-refractivity contribution is 0.0999. The number of aldehydes is 1. The zero-order chi connectivity index (χ0) is 13.1. The summed E-state index contributed by atoms with van der Waals surface area (Å²) >= 11 is 0. The van der Waals surface area contributed by atoms with E-state index in [2.05, 4.69) is 0 Å². The summed E-state index contributed by atoms with van der Waals surface area (Å²) in [5, 5.41) is 0. The highest BCUT2D eigenvalue weighted by molar-refractivity contribution is 5.95. The van der Waals surface area contributed by atoms with Crippen molar-refractivity contribution in [3.05, 3.63) is 59.2 Å². The fourth-order valence-corrected chi connectivity index (χ4v) is 1.86. The predicted octanol–water partition coefficient (Wildman–Crippen LogP) is 2.57. The van der Waals surface area contributed by atoms with Gasteiger partial charge in [-0.15, -0.1) is 0 Å². The second kappa shape index (κ2) is 4.84. The van der Waals surface area contributed by atoms with Gasteiger partial charge >= 0.3 is 0 Å². The molecule has 2 rings (SSSR count). The van der Waals surface area contributed by atoms with Gasteiger partial charge in [0.05, 0.1) is 0 Å². The summed E-state index contributed by atoms with van der Waals surface area (Å²) in [6.07, 6.45) is 0.798. The summed E-state index contributed by atoms with van der Waals surface area (Å²) in [5.41, 5.74) is 9.04. The van der Waals surface area contributed by atoms with Gasteiger partial charge in [0.1, 0.15) is 6.29 Å². The number of aryl methyl sites for hydroxylation is 1. The van der Waals surface area contributed by atoms with Crippen LogP contribution in [-0.2, 0) is 0 Å². The van der Waals surface area contributed by atoms with E-state index < -0.39 is 5.91 Å². The molecule has 3 heteroatoms. The quantitative estimate of drug-likeness (QED) is 0.837. The van der Waals surface area contributed by atoms with E-state index >= 15 is 0 Å². The molecule has 2 N–H and O–H groups in total. The van der Waals surface area contributed by atoms with Gasteiger partial charge in [0.25, 0.3) is 0 Å². The number of benzene rings is 2. The highest BCUT2D eigenvalue weighted by Gasteiger charge is 2.07. The highest BCUT2D eigenvalue weighted by Crippen LogP contribution is 2.22. The Bertz CT molecular complexity index is 618. The second-order valence-electron chi connectivity index (χ2n) is 4.14. The molecule has 3 nitrogen and oxygen atoms in total. The summed E-state index contributed by atoms with van der Waals surface area (Å²) in [6, 6.07) is 12.7. The lowest BCUT2D eigenvalue weighted by atomic mass is 9.98. The summed E-state index contributed by atoms with van der Waals surface area (Å²) in [4.78, 5) is 22.0. The summed E-state index contributed by atoms with van der Waals surface area (Å²) in [7, 11) is 0. The first-order chi connectivity index (χ1) is 8.61. The van der Waals surface area contributed by atoms with Crippen LogP contribution in [0, 0.1) is 6.92 Å². The number of nitrogens with two attached hydrogens (primary N) is 1. The van der Waals surface area contributed by atoms with Crippen molar-refractivity contribution in [3.8, 4) is 11.1 Å². The van der Waals surface area contributed by atoms with Crippen molar-refractivity contribution in [1.82, 2.24) is 0 Å². The molecule has 0 unspecified atom stereocenters. The van der Waals surface area contributed by atoms with Crippen molar-refractivity contribution in [1.29, 1.82) is 0 Å². The molecule has 90 valence electrons. The zero-order valence-electron chi connectivity index (χ0n) is 10.0. The lowest BCUT2D eigenvalue weighted by Crippen LogP contribution is -2.12. The van der Waals surface area contributed by atoms with Crippen molar-refractivity contribution in [2.45, 2.75) is 6.92 Å². The predicted molar refractivity (Wildman–Crippen MR) is 70.5 cm³/mol. The first-order valence-corrected chi connectivity index (χ1v) is 5.58. The molecule has 2 aromatic rings. The van der Waals surface area contributed by atoms with Crippen LogP contribution < -0.4 is 5.73 Å². The van der Waals surface area contributed by atoms with Gasteiger partial charge in [-0.05, 0) is 35.7 Å². The molecule has 0 aliphatic carbocycles. The largest absolute Gasteiger partial charge is 0.366 e. The third-order valence-corrected chi connectivity index (χ3v) is 2.86. The van der Waals surface area contributed by atoms with Crippen molar-refractivity contribution in [3.63, 3.8) is 0 Å². The zero-order valence-corrected chi connectivity index (χ0v) is 10.0. The Labute approximate surface area is 105 Å². The number of amides is 1. The van der Waals surface area contributed by atoms with E-state index in [0.717, 1.165) is 23.0 Å². The topological polar surface area (TPSA) is 60.2 Å². The SMILES string of the molecule is Cc1ccc(-c2cccc(C=O)c2)cc1C(N)=O. The van der Waals surface area contributed by atoms with Gasteiger partial charge < -0.3 is 5.73 Å². The van der Waals surface area contributed by atoms with Crippen molar-refractivity contribution < 1.29 is 9.59 Å². The molecular formula is C15H13NO2. The number of primary amides is 1. The maximum atomic E-state index is 11.3. The van der Waals surface area contributed by atoms with Crippen LogP contribution >= 0.6 is 0 Å². The number of rotatable bonds is 3. The Morgan fingerprint density at radius 1 is 1.11 bits per heavy atom. The maximum Gasteiger partial charge on any atom is 0.248 e. The van der Waals surface area contributed by atoms with Crippen LogP contribution in [0.15, 0.2) is 42.5 Å². The molecule has 0 fully saturated rings. The molecule has 0 spiro atoms. The molecule has 0 saturated heterocycles. The highest BCUT2D eigenvalue weighted by atomic mass is 16.1. The van der Waals surface area contributed by atoms with Crippen LogP contribution in [0.4, 0.5) is 0 Å². The minimum atomic E-state index is -0.444. The molecule has 0 atom stereocenters. The number of carbonyl (C=O) groups is 2. The Balaban J connectivity index is 2.53. The van der Waals surface area contributed by atoms with Gasteiger partial charge in [-0.2, -0.15) is 0 Å². The summed E-state index contributed by atoms with van der Waals surface area (Å²) in [6.45, 7) is 1.84. The summed E-state index contributed by atoms with van der Waals surface area (Å²) < 4.78 is 0.